The minimum atomic E-state index is -0.993. The summed E-state index contributed by atoms with van der Waals surface area (Å²) < 4.78 is 5.42. The van der Waals surface area contributed by atoms with Crippen LogP contribution in [0, 0.1) is 0 Å². The van der Waals surface area contributed by atoms with Gasteiger partial charge < -0.3 is 4.74 Å². The Morgan fingerprint density at radius 1 is 0.889 bits per heavy atom. The largest absolute Gasteiger partial charge is 0.459 e. The number of ether oxygens (including phenoxy) is 1. The number of carbonyl (C=O) groups excluding carboxylic acids is 3. The van der Waals surface area contributed by atoms with E-state index in [1.54, 1.807) is 24.3 Å². The maximum absolute atomic E-state index is 12.5. The molecule has 5 heteroatoms. The molecule has 1 aliphatic rings. The number of nitrogens with zero attached hydrogens (tertiary/aromatic N) is 1. The third kappa shape index (κ3) is 2.87. The molecule has 0 spiro atoms. The van der Waals surface area contributed by atoms with Crippen LogP contribution in [0.1, 0.15) is 33.2 Å². The molecule has 2 amide bonds. The Bertz CT molecular complexity index is 1030. The second-order valence-corrected chi connectivity index (χ2v) is 6.45. The third-order valence-corrected chi connectivity index (χ3v) is 4.80. The molecule has 0 radical (unpaired) electrons. The number of benzene rings is 3. The second kappa shape index (κ2) is 6.68. The molecule has 0 fully saturated rings. The van der Waals surface area contributed by atoms with Crippen LogP contribution < -0.4 is 0 Å². The molecule has 0 aliphatic carbocycles. The van der Waals surface area contributed by atoms with Gasteiger partial charge in [-0.1, -0.05) is 54.6 Å². The van der Waals surface area contributed by atoms with E-state index in [1.807, 2.05) is 42.5 Å². The summed E-state index contributed by atoms with van der Waals surface area (Å²) in [5, 5.41) is 2.06. The van der Waals surface area contributed by atoms with Gasteiger partial charge in [-0.25, -0.2) is 4.79 Å². The summed E-state index contributed by atoms with van der Waals surface area (Å²) in [5.74, 6) is -1.55. The molecule has 1 aliphatic heterocycles. The van der Waals surface area contributed by atoms with Gasteiger partial charge in [-0.15, -0.1) is 0 Å². The molecule has 4 rings (SSSR count). The summed E-state index contributed by atoms with van der Waals surface area (Å²) in [7, 11) is 0. The Kier molecular flexibility index (Phi) is 4.20. The molecular formula is C22H17NO4. The molecule has 0 N–H and O–H groups in total. The Hall–Kier alpha value is -3.47. The smallest absolute Gasteiger partial charge is 0.329 e. The molecule has 134 valence electrons. The number of amides is 2. The summed E-state index contributed by atoms with van der Waals surface area (Å²) in [6, 6.07) is 19.2. The maximum atomic E-state index is 12.5. The van der Waals surface area contributed by atoms with Crippen LogP contribution >= 0.6 is 0 Å². The Morgan fingerprint density at radius 2 is 1.48 bits per heavy atom. The fourth-order valence-corrected chi connectivity index (χ4v) is 3.35. The SMILES string of the molecule is CC(C(=O)OCc1cccc2ccccc12)N1C(=O)c2ccccc2C1=O. The third-order valence-electron chi connectivity index (χ3n) is 4.80. The lowest BCUT2D eigenvalue weighted by molar-refractivity contribution is -0.149. The van der Waals surface area contributed by atoms with Crippen molar-refractivity contribution in [3.63, 3.8) is 0 Å². The monoisotopic (exact) mass is 359 g/mol. The van der Waals surface area contributed by atoms with Crippen molar-refractivity contribution in [3.05, 3.63) is 83.4 Å². The lowest BCUT2D eigenvalue weighted by atomic mass is 10.1. The first-order valence-electron chi connectivity index (χ1n) is 8.68. The summed E-state index contributed by atoms with van der Waals surface area (Å²) in [5.41, 5.74) is 1.50. The van der Waals surface area contributed by atoms with Gasteiger partial charge in [-0.05, 0) is 35.4 Å². The molecule has 0 aromatic heterocycles. The molecule has 1 unspecified atom stereocenters. The number of imide groups is 1. The lowest BCUT2D eigenvalue weighted by Gasteiger charge is -2.21. The Labute approximate surface area is 156 Å². The predicted octanol–water partition coefficient (Wildman–Crippen LogP) is 3.57. The van der Waals surface area contributed by atoms with Crippen LogP contribution in [0.5, 0.6) is 0 Å². The van der Waals surface area contributed by atoms with Crippen LogP contribution in [0.4, 0.5) is 0 Å². The van der Waals surface area contributed by atoms with E-state index in [0.717, 1.165) is 21.2 Å². The molecule has 27 heavy (non-hydrogen) atoms. The van der Waals surface area contributed by atoms with E-state index in [4.69, 9.17) is 4.74 Å². The highest BCUT2D eigenvalue weighted by Gasteiger charge is 2.41. The molecule has 1 heterocycles. The number of hydrogen-bond acceptors (Lipinski definition) is 4. The van der Waals surface area contributed by atoms with E-state index >= 15 is 0 Å². The van der Waals surface area contributed by atoms with E-state index in [1.165, 1.54) is 6.92 Å². The molecule has 5 nitrogen and oxygen atoms in total. The summed E-state index contributed by atoms with van der Waals surface area (Å²) in [6.45, 7) is 1.58. The molecule has 0 saturated carbocycles. The number of hydrogen-bond donors (Lipinski definition) is 0. The van der Waals surface area contributed by atoms with E-state index in [-0.39, 0.29) is 6.61 Å². The summed E-state index contributed by atoms with van der Waals surface area (Å²) in [6.07, 6.45) is 0. The first kappa shape index (κ1) is 17.0. The van der Waals surface area contributed by atoms with E-state index in [9.17, 15) is 14.4 Å². The van der Waals surface area contributed by atoms with Crippen molar-refractivity contribution in [2.45, 2.75) is 19.6 Å². The summed E-state index contributed by atoms with van der Waals surface area (Å²) >= 11 is 0. The second-order valence-electron chi connectivity index (χ2n) is 6.45. The average Bonchev–Trinajstić information content (AvgIpc) is 2.96. The number of esters is 1. The van der Waals surface area contributed by atoms with Gasteiger partial charge in [0.05, 0.1) is 11.1 Å². The fourth-order valence-electron chi connectivity index (χ4n) is 3.35. The predicted molar refractivity (Wildman–Crippen MR) is 100 cm³/mol. The zero-order valence-electron chi connectivity index (χ0n) is 14.7. The van der Waals surface area contributed by atoms with Crippen molar-refractivity contribution in [1.82, 2.24) is 4.90 Å². The number of rotatable bonds is 4. The number of carbonyl (C=O) groups is 3. The normalized spacial score (nSPS) is 14.3. The molecule has 3 aromatic carbocycles. The van der Waals surface area contributed by atoms with Crippen molar-refractivity contribution >= 4 is 28.6 Å². The minimum Gasteiger partial charge on any atom is -0.459 e. The van der Waals surface area contributed by atoms with Crippen LogP contribution in [0.15, 0.2) is 66.7 Å². The van der Waals surface area contributed by atoms with E-state index < -0.39 is 23.8 Å². The van der Waals surface area contributed by atoms with Crippen LogP contribution in [-0.4, -0.2) is 28.7 Å². The maximum Gasteiger partial charge on any atom is 0.329 e. The quantitative estimate of drug-likeness (QED) is 0.528. The van der Waals surface area contributed by atoms with Gasteiger partial charge in [0.1, 0.15) is 12.6 Å². The highest BCUT2D eigenvalue weighted by atomic mass is 16.5. The highest BCUT2D eigenvalue weighted by Crippen LogP contribution is 2.25. The zero-order valence-corrected chi connectivity index (χ0v) is 14.7. The topological polar surface area (TPSA) is 63.7 Å². The molecular weight excluding hydrogens is 342 g/mol. The van der Waals surface area contributed by atoms with Crippen molar-refractivity contribution in [3.8, 4) is 0 Å². The van der Waals surface area contributed by atoms with Crippen LogP contribution in [0.2, 0.25) is 0 Å². The zero-order chi connectivity index (χ0) is 19.0. The van der Waals surface area contributed by atoms with Crippen LogP contribution in [0.3, 0.4) is 0 Å². The van der Waals surface area contributed by atoms with Crippen molar-refractivity contribution in [2.75, 3.05) is 0 Å². The van der Waals surface area contributed by atoms with Gasteiger partial charge in [0.2, 0.25) is 0 Å². The average molecular weight is 359 g/mol. The minimum absolute atomic E-state index is 0.0771. The standard InChI is InChI=1S/C22H17NO4/c1-14(23-20(24)18-11-4-5-12-19(18)21(23)25)22(26)27-13-16-9-6-8-15-7-2-3-10-17(15)16/h2-12,14H,13H2,1H3. The molecule has 1 atom stereocenters. The van der Waals surface area contributed by atoms with Crippen LogP contribution in [0.25, 0.3) is 10.8 Å². The molecule has 3 aromatic rings. The van der Waals surface area contributed by atoms with Crippen molar-refractivity contribution in [1.29, 1.82) is 0 Å². The van der Waals surface area contributed by atoms with Crippen molar-refractivity contribution < 1.29 is 19.1 Å². The Morgan fingerprint density at radius 3 is 2.19 bits per heavy atom. The highest BCUT2D eigenvalue weighted by molar-refractivity contribution is 6.22. The van der Waals surface area contributed by atoms with Crippen molar-refractivity contribution in [2.24, 2.45) is 0 Å². The van der Waals surface area contributed by atoms with E-state index in [2.05, 4.69) is 0 Å². The Balaban J connectivity index is 1.51. The first-order chi connectivity index (χ1) is 13.1. The molecule has 0 saturated heterocycles. The van der Waals surface area contributed by atoms with Gasteiger partial charge in [-0.3, -0.25) is 14.5 Å². The first-order valence-corrected chi connectivity index (χ1v) is 8.68. The number of fused-ring (bicyclic) bond motifs is 2. The van der Waals surface area contributed by atoms with Gasteiger partial charge in [0.15, 0.2) is 0 Å². The van der Waals surface area contributed by atoms with Gasteiger partial charge in [0, 0.05) is 0 Å². The van der Waals surface area contributed by atoms with Gasteiger partial charge in [0.25, 0.3) is 11.8 Å². The fraction of sp³-hybridized carbons (Fsp3) is 0.136. The van der Waals surface area contributed by atoms with Gasteiger partial charge >= 0.3 is 5.97 Å². The molecule has 0 bridgehead atoms. The van der Waals surface area contributed by atoms with Gasteiger partial charge in [-0.2, -0.15) is 0 Å². The summed E-state index contributed by atoms with van der Waals surface area (Å²) in [4.78, 5) is 38.5. The van der Waals surface area contributed by atoms with Crippen LogP contribution in [-0.2, 0) is 16.1 Å². The van der Waals surface area contributed by atoms with E-state index in [0.29, 0.717) is 11.1 Å². The lowest BCUT2D eigenvalue weighted by Crippen LogP contribution is -2.43.